The zero-order chi connectivity index (χ0) is 18.9. The highest BCUT2D eigenvalue weighted by atomic mass is 35.5. The van der Waals surface area contributed by atoms with E-state index in [0.717, 1.165) is 32.0 Å². The van der Waals surface area contributed by atoms with Gasteiger partial charge >= 0.3 is 6.18 Å². The van der Waals surface area contributed by atoms with Gasteiger partial charge in [-0.15, -0.1) is 10.2 Å². The van der Waals surface area contributed by atoms with E-state index < -0.39 is 11.7 Å². The van der Waals surface area contributed by atoms with Crippen LogP contribution in [0.2, 0.25) is 5.02 Å². The van der Waals surface area contributed by atoms with Gasteiger partial charge in [0, 0.05) is 23.2 Å². The molecule has 1 aromatic heterocycles. The number of hydrogen-bond donors (Lipinski definition) is 1. The Balaban J connectivity index is 1.89. The van der Waals surface area contributed by atoms with Crippen LogP contribution in [0.25, 0.3) is 11.3 Å². The lowest BCUT2D eigenvalue weighted by Gasteiger charge is -2.30. The molecule has 0 radical (unpaired) electrons. The second-order valence-electron chi connectivity index (χ2n) is 6.69. The summed E-state index contributed by atoms with van der Waals surface area (Å²) in [5, 5.41) is 11.5. The molecule has 140 valence electrons. The molecule has 2 aromatic rings. The Morgan fingerprint density at radius 3 is 2.65 bits per heavy atom. The molecule has 1 aromatic carbocycles. The molecule has 1 fully saturated rings. The van der Waals surface area contributed by atoms with E-state index in [-0.39, 0.29) is 22.3 Å². The van der Waals surface area contributed by atoms with Crippen LogP contribution in [-0.4, -0.2) is 41.3 Å². The summed E-state index contributed by atoms with van der Waals surface area (Å²) >= 11 is 5.75. The summed E-state index contributed by atoms with van der Waals surface area (Å²) in [7, 11) is 2.06. The number of likely N-dealkylation sites (tertiary alicyclic amines) is 1. The molecule has 0 spiro atoms. The van der Waals surface area contributed by atoms with E-state index in [1.165, 1.54) is 12.1 Å². The van der Waals surface area contributed by atoms with Gasteiger partial charge in [0.2, 0.25) is 0 Å². The Kier molecular flexibility index (Phi) is 5.39. The Morgan fingerprint density at radius 1 is 1.23 bits per heavy atom. The first-order valence-corrected chi connectivity index (χ1v) is 8.78. The maximum absolute atomic E-state index is 13.3. The molecule has 4 nitrogen and oxygen atoms in total. The van der Waals surface area contributed by atoms with Crippen molar-refractivity contribution in [2.75, 3.05) is 25.5 Å². The number of benzene rings is 1. The van der Waals surface area contributed by atoms with Gasteiger partial charge in [0.1, 0.15) is 5.82 Å². The fraction of sp³-hybridized carbons (Fsp3) is 0.444. The number of halogens is 4. The summed E-state index contributed by atoms with van der Waals surface area (Å²) in [5.74, 6) is 0.578. The lowest BCUT2D eigenvalue weighted by molar-refractivity contribution is -0.137. The monoisotopic (exact) mass is 384 g/mol. The number of rotatable bonds is 3. The van der Waals surface area contributed by atoms with E-state index in [1.807, 2.05) is 0 Å². The average Bonchev–Trinajstić information content (AvgIpc) is 2.55. The third-order valence-corrected chi connectivity index (χ3v) is 4.74. The first kappa shape index (κ1) is 18.9. The van der Waals surface area contributed by atoms with Crippen LogP contribution in [0, 0.1) is 6.92 Å². The van der Waals surface area contributed by atoms with Gasteiger partial charge in [-0.2, -0.15) is 13.2 Å². The maximum Gasteiger partial charge on any atom is 0.417 e. The van der Waals surface area contributed by atoms with Crippen molar-refractivity contribution in [3.8, 4) is 11.3 Å². The molecular formula is C18H20ClF3N4. The zero-order valence-corrected chi connectivity index (χ0v) is 15.3. The second-order valence-corrected chi connectivity index (χ2v) is 7.13. The van der Waals surface area contributed by atoms with E-state index in [0.29, 0.717) is 11.4 Å². The number of alkyl halides is 3. The van der Waals surface area contributed by atoms with E-state index in [9.17, 15) is 13.2 Å². The Bertz CT molecular complexity index is 794. The maximum atomic E-state index is 13.3. The molecule has 0 aliphatic carbocycles. The smallest absolute Gasteiger partial charge is 0.365 e. The molecule has 26 heavy (non-hydrogen) atoms. The molecule has 8 heteroatoms. The number of aromatic nitrogens is 2. The number of nitrogens with one attached hydrogen (secondary N) is 1. The molecule has 0 bridgehead atoms. The fourth-order valence-corrected chi connectivity index (χ4v) is 3.44. The van der Waals surface area contributed by atoms with Crippen molar-refractivity contribution >= 4 is 17.4 Å². The summed E-state index contributed by atoms with van der Waals surface area (Å²) in [5.41, 5.74) is 0.00709. The number of nitrogens with zero attached hydrogens (tertiary/aromatic N) is 3. The van der Waals surface area contributed by atoms with Crippen molar-refractivity contribution in [1.29, 1.82) is 0 Å². The molecular weight excluding hydrogens is 365 g/mol. The number of aryl methyl sites for hydroxylation is 1. The van der Waals surface area contributed by atoms with Crippen molar-refractivity contribution in [3.05, 3.63) is 40.4 Å². The highest BCUT2D eigenvalue weighted by molar-refractivity contribution is 6.30. The van der Waals surface area contributed by atoms with Gasteiger partial charge in [-0.3, -0.25) is 0 Å². The van der Waals surface area contributed by atoms with Crippen molar-refractivity contribution < 1.29 is 13.2 Å². The van der Waals surface area contributed by atoms with Crippen molar-refractivity contribution in [3.63, 3.8) is 0 Å². The second kappa shape index (κ2) is 7.40. The van der Waals surface area contributed by atoms with Crippen LogP contribution < -0.4 is 5.32 Å². The van der Waals surface area contributed by atoms with E-state index >= 15 is 0 Å². The minimum absolute atomic E-state index is 0.0177. The number of piperidine rings is 1. The predicted octanol–water partition coefficient (Wildman–Crippen LogP) is 4.63. The molecule has 3 rings (SSSR count). The van der Waals surface area contributed by atoms with E-state index in [2.05, 4.69) is 27.5 Å². The average molecular weight is 385 g/mol. The molecule has 0 saturated carbocycles. The third-order valence-electron chi connectivity index (χ3n) is 4.50. The Hall–Kier alpha value is -1.86. The normalized spacial score (nSPS) is 18.8. The van der Waals surface area contributed by atoms with Gasteiger partial charge in [-0.1, -0.05) is 17.7 Å². The summed E-state index contributed by atoms with van der Waals surface area (Å²) in [6.45, 7) is 3.70. The van der Waals surface area contributed by atoms with Crippen LogP contribution in [0.4, 0.5) is 19.0 Å². The quantitative estimate of drug-likeness (QED) is 0.837. The van der Waals surface area contributed by atoms with Crippen molar-refractivity contribution in [2.24, 2.45) is 0 Å². The predicted molar refractivity (Wildman–Crippen MR) is 96.4 cm³/mol. The van der Waals surface area contributed by atoms with Gasteiger partial charge in [0.25, 0.3) is 0 Å². The highest BCUT2D eigenvalue weighted by Crippen LogP contribution is 2.38. The number of hydrogen-bond acceptors (Lipinski definition) is 4. The standard InChI is InChI=1S/C18H20ClF3N4/c1-11-8-16(23-13-4-3-7-26(2)10-13)24-25-17(11)14-6-5-12(19)9-15(14)18(20,21)22/h5-6,8-9,13H,3-4,7,10H2,1-2H3,(H,23,24)/t13-/m1/s1. The summed E-state index contributed by atoms with van der Waals surface area (Å²) in [6, 6.07) is 5.69. The van der Waals surface area contributed by atoms with Crippen LogP contribution >= 0.6 is 11.6 Å². The third kappa shape index (κ3) is 4.27. The molecule has 0 unspecified atom stereocenters. The first-order chi connectivity index (χ1) is 12.2. The molecule has 0 amide bonds. The Morgan fingerprint density at radius 2 is 2.00 bits per heavy atom. The SMILES string of the molecule is Cc1cc(N[C@@H]2CCCN(C)C2)nnc1-c1ccc(Cl)cc1C(F)(F)F. The van der Waals surface area contributed by atoms with Crippen LogP contribution in [0.15, 0.2) is 24.3 Å². The first-order valence-electron chi connectivity index (χ1n) is 8.40. The molecule has 2 heterocycles. The van der Waals surface area contributed by atoms with Crippen LogP contribution in [0.1, 0.15) is 24.0 Å². The van der Waals surface area contributed by atoms with Gasteiger partial charge in [-0.05, 0) is 57.1 Å². The van der Waals surface area contributed by atoms with Crippen molar-refractivity contribution in [2.45, 2.75) is 32.0 Å². The van der Waals surface area contributed by atoms with E-state index in [4.69, 9.17) is 11.6 Å². The topological polar surface area (TPSA) is 41.0 Å². The molecule has 1 N–H and O–H groups in total. The minimum Gasteiger partial charge on any atom is -0.365 e. The van der Waals surface area contributed by atoms with Crippen LogP contribution in [0.3, 0.4) is 0 Å². The number of anilines is 1. The lowest BCUT2D eigenvalue weighted by atomic mass is 10.0. The largest absolute Gasteiger partial charge is 0.417 e. The summed E-state index contributed by atoms with van der Waals surface area (Å²) in [4.78, 5) is 2.24. The minimum atomic E-state index is -4.52. The van der Waals surface area contributed by atoms with E-state index in [1.54, 1.807) is 13.0 Å². The molecule has 1 aliphatic heterocycles. The van der Waals surface area contributed by atoms with Gasteiger partial charge < -0.3 is 10.2 Å². The molecule has 1 atom stereocenters. The Labute approximate surface area is 155 Å². The molecule has 1 saturated heterocycles. The van der Waals surface area contributed by atoms with Crippen LogP contribution in [0.5, 0.6) is 0 Å². The van der Waals surface area contributed by atoms with Gasteiger partial charge in [0.05, 0.1) is 11.3 Å². The number of likely N-dealkylation sites (N-methyl/N-ethyl adjacent to an activating group) is 1. The van der Waals surface area contributed by atoms with Crippen LogP contribution in [-0.2, 0) is 6.18 Å². The summed E-state index contributed by atoms with van der Waals surface area (Å²) in [6.07, 6.45) is -2.39. The van der Waals surface area contributed by atoms with Gasteiger partial charge in [0.15, 0.2) is 0 Å². The summed E-state index contributed by atoms with van der Waals surface area (Å²) < 4.78 is 40.0. The lowest BCUT2D eigenvalue weighted by Crippen LogP contribution is -2.39. The van der Waals surface area contributed by atoms with Crippen molar-refractivity contribution in [1.82, 2.24) is 15.1 Å². The molecule has 1 aliphatic rings. The highest BCUT2D eigenvalue weighted by Gasteiger charge is 2.34. The zero-order valence-electron chi connectivity index (χ0n) is 14.6. The fourth-order valence-electron chi connectivity index (χ4n) is 3.27. The van der Waals surface area contributed by atoms with Gasteiger partial charge in [-0.25, -0.2) is 0 Å².